The minimum Gasteiger partial charge on any atom is -0.441 e. The number of rotatable bonds is 2. The Balaban J connectivity index is 1.94. The van der Waals surface area contributed by atoms with Crippen LogP contribution in [-0.4, -0.2) is 17.9 Å². The van der Waals surface area contributed by atoms with Crippen molar-refractivity contribution in [2.45, 2.75) is 20.8 Å². The van der Waals surface area contributed by atoms with Crippen molar-refractivity contribution in [3.8, 4) is 0 Å². The van der Waals surface area contributed by atoms with Crippen LogP contribution in [0, 0.1) is 20.8 Å². The molecule has 1 heterocycles. The number of aromatic nitrogens is 1. The first kappa shape index (κ1) is 14.3. The molecule has 0 saturated heterocycles. The number of benzene rings is 2. The van der Waals surface area contributed by atoms with E-state index in [0.29, 0.717) is 22.6 Å². The van der Waals surface area contributed by atoms with E-state index in [1.807, 2.05) is 25.1 Å². The van der Waals surface area contributed by atoms with Crippen molar-refractivity contribution in [3.05, 3.63) is 59.0 Å². The van der Waals surface area contributed by atoms with Crippen molar-refractivity contribution in [2.24, 2.45) is 0 Å². The van der Waals surface area contributed by atoms with Crippen LogP contribution in [0.25, 0.3) is 11.1 Å². The number of hydrogen-bond donors (Lipinski definition) is 0. The first-order chi connectivity index (χ1) is 10.5. The summed E-state index contributed by atoms with van der Waals surface area (Å²) in [6.07, 6.45) is 0. The molecule has 0 spiro atoms. The minimum atomic E-state index is -0.0641. The molecule has 4 heteroatoms. The maximum absolute atomic E-state index is 12.7. The van der Waals surface area contributed by atoms with E-state index in [-0.39, 0.29) is 5.91 Å². The molecule has 0 unspecified atom stereocenters. The molecule has 0 N–H and O–H groups in total. The summed E-state index contributed by atoms with van der Waals surface area (Å²) in [4.78, 5) is 18.6. The average molecular weight is 294 g/mol. The highest BCUT2D eigenvalue weighted by Crippen LogP contribution is 2.22. The lowest BCUT2D eigenvalue weighted by molar-refractivity contribution is 0.0993. The number of oxazole rings is 1. The van der Waals surface area contributed by atoms with Gasteiger partial charge in [0, 0.05) is 25.2 Å². The van der Waals surface area contributed by atoms with Gasteiger partial charge in [0.05, 0.1) is 0 Å². The van der Waals surface area contributed by atoms with Crippen LogP contribution in [0.4, 0.5) is 5.69 Å². The molecule has 0 saturated carbocycles. The maximum Gasteiger partial charge on any atom is 0.258 e. The lowest BCUT2D eigenvalue weighted by atomic mass is 10.1. The molecule has 0 radical (unpaired) electrons. The fourth-order valence-corrected chi connectivity index (χ4v) is 2.42. The summed E-state index contributed by atoms with van der Waals surface area (Å²) in [6.45, 7) is 5.89. The van der Waals surface area contributed by atoms with Crippen molar-refractivity contribution in [3.63, 3.8) is 0 Å². The van der Waals surface area contributed by atoms with Gasteiger partial charge in [-0.15, -0.1) is 0 Å². The highest BCUT2D eigenvalue weighted by molar-refractivity contribution is 6.07. The average Bonchev–Trinajstić information content (AvgIpc) is 2.87. The van der Waals surface area contributed by atoms with Gasteiger partial charge < -0.3 is 9.32 Å². The zero-order chi connectivity index (χ0) is 15.9. The summed E-state index contributed by atoms with van der Waals surface area (Å²) in [6, 6.07) is 11.3. The van der Waals surface area contributed by atoms with Gasteiger partial charge in [0.1, 0.15) is 5.52 Å². The number of hydrogen-bond acceptors (Lipinski definition) is 3. The zero-order valence-corrected chi connectivity index (χ0v) is 13.2. The predicted molar refractivity (Wildman–Crippen MR) is 87.4 cm³/mol. The Morgan fingerprint density at radius 2 is 1.82 bits per heavy atom. The van der Waals surface area contributed by atoms with Gasteiger partial charge in [-0.25, -0.2) is 4.98 Å². The van der Waals surface area contributed by atoms with Crippen molar-refractivity contribution in [2.75, 3.05) is 11.9 Å². The smallest absolute Gasteiger partial charge is 0.258 e. The van der Waals surface area contributed by atoms with E-state index in [1.54, 1.807) is 37.1 Å². The highest BCUT2D eigenvalue weighted by atomic mass is 16.3. The Morgan fingerprint density at radius 1 is 1.05 bits per heavy atom. The van der Waals surface area contributed by atoms with Crippen LogP contribution in [0.5, 0.6) is 0 Å². The quantitative estimate of drug-likeness (QED) is 0.717. The monoisotopic (exact) mass is 294 g/mol. The number of carbonyl (C=O) groups excluding carboxylic acids is 1. The Labute approximate surface area is 129 Å². The Hall–Kier alpha value is -2.62. The molecule has 2 aromatic carbocycles. The molecule has 0 aliphatic heterocycles. The number of anilines is 1. The van der Waals surface area contributed by atoms with Gasteiger partial charge >= 0.3 is 0 Å². The highest BCUT2D eigenvalue weighted by Gasteiger charge is 2.15. The topological polar surface area (TPSA) is 46.3 Å². The summed E-state index contributed by atoms with van der Waals surface area (Å²) >= 11 is 0. The second kappa shape index (κ2) is 5.30. The van der Waals surface area contributed by atoms with Crippen molar-refractivity contribution < 1.29 is 9.21 Å². The van der Waals surface area contributed by atoms with Crippen LogP contribution in [0.1, 0.15) is 27.4 Å². The number of nitrogens with zero attached hydrogens (tertiary/aromatic N) is 2. The summed E-state index contributed by atoms with van der Waals surface area (Å²) in [5, 5.41) is 0. The molecule has 3 aromatic rings. The third-order valence-electron chi connectivity index (χ3n) is 3.92. The van der Waals surface area contributed by atoms with E-state index < -0.39 is 0 Å². The number of amides is 1. The summed E-state index contributed by atoms with van der Waals surface area (Å²) < 4.78 is 5.44. The largest absolute Gasteiger partial charge is 0.441 e. The second-order valence-corrected chi connectivity index (χ2v) is 5.55. The third kappa shape index (κ3) is 2.48. The Bertz CT molecular complexity index is 865. The zero-order valence-electron chi connectivity index (χ0n) is 13.2. The van der Waals surface area contributed by atoms with Crippen LogP contribution in [0.15, 0.2) is 40.8 Å². The van der Waals surface area contributed by atoms with Crippen LogP contribution in [0.3, 0.4) is 0 Å². The lowest BCUT2D eigenvalue weighted by Crippen LogP contribution is -2.26. The molecule has 0 fully saturated rings. The van der Waals surface area contributed by atoms with Gasteiger partial charge in [0.25, 0.3) is 5.91 Å². The Morgan fingerprint density at radius 3 is 2.55 bits per heavy atom. The molecule has 0 bridgehead atoms. The summed E-state index contributed by atoms with van der Waals surface area (Å²) in [5.41, 5.74) is 5.26. The van der Waals surface area contributed by atoms with E-state index in [1.165, 1.54) is 11.1 Å². The van der Waals surface area contributed by atoms with E-state index in [4.69, 9.17) is 4.42 Å². The van der Waals surface area contributed by atoms with E-state index in [9.17, 15) is 4.79 Å². The number of carbonyl (C=O) groups is 1. The lowest BCUT2D eigenvalue weighted by Gasteiger charge is -2.18. The molecule has 1 amide bonds. The van der Waals surface area contributed by atoms with Crippen LogP contribution in [0.2, 0.25) is 0 Å². The molecular formula is C18H18N2O2. The number of aryl methyl sites for hydroxylation is 3. The summed E-state index contributed by atoms with van der Waals surface area (Å²) in [5.74, 6) is 0.535. The molecular weight excluding hydrogens is 276 g/mol. The molecule has 1 aromatic heterocycles. The first-order valence-electron chi connectivity index (χ1n) is 7.18. The minimum absolute atomic E-state index is 0.0641. The molecule has 22 heavy (non-hydrogen) atoms. The van der Waals surface area contributed by atoms with E-state index >= 15 is 0 Å². The SMILES string of the molecule is Cc1nc2cc(C(=O)N(C)c3ccc(C)c(C)c3)ccc2o1. The van der Waals surface area contributed by atoms with Gasteiger partial charge in [-0.3, -0.25) is 4.79 Å². The van der Waals surface area contributed by atoms with Gasteiger partial charge in [-0.1, -0.05) is 6.07 Å². The van der Waals surface area contributed by atoms with Crippen LogP contribution >= 0.6 is 0 Å². The third-order valence-corrected chi connectivity index (χ3v) is 3.92. The van der Waals surface area contributed by atoms with Crippen molar-refractivity contribution >= 4 is 22.7 Å². The van der Waals surface area contributed by atoms with Gasteiger partial charge in [0.2, 0.25) is 0 Å². The fourth-order valence-electron chi connectivity index (χ4n) is 2.42. The van der Waals surface area contributed by atoms with Crippen molar-refractivity contribution in [1.29, 1.82) is 0 Å². The molecule has 0 aliphatic carbocycles. The predicted octanol–water partition coefficient (Wildman–Crippen LogP) is 4.03. The van der Waals surface area contributed by atoms with E-state index in [0.717, 1.165) is 5.69 Å². The standard InChI is InChI=1S/C18H18N2O2/c1-11-5-7-15(9-12(11)2)20(4)18(21)14-6-8-17-16(10-14)19-13(3)22-17/h5-10H,1-4H3. The van der Waals surface area contributed by atoms with Crippen molar-refractivity contribution in [1.82, 2.24) is 4.98 Å². The first-order valence-corrected chi connectivity index (χ1v) is 7.18. The van der Waals surface area contributed by atoms with Gasteiger partial charge in [-0.2, -0.15) is 0 Å². The molecule has 0 atom stereocenters. The van der Waals surface area contributed by atoms with Gasteiger partial charge in [0.15, 0.2) is 11.5 Å². The van der Waals surface area contributed by atoms with E-state index in [2.05, 4.69) is 11.9 Å². The molecule has 0 aliphatic rings. The van der Waals surface area contributed by atoms with Gasteiger partial charge in [-0.05, 0) is 55.3 Å². The van der Waals surface area contributed by atoms with Crippen LogP contribution in [-0.2, 0) is 0 Å². The Kier molecular flexibility index (Phi) is 3.45. The molecule has 3 rings (SSSR count). The molecule has 4 nitrogen and oxygen atoms in total. The number of fused-ring (bicyclic) bond motifs is 1. The fraction of sp³-hybridized carbons (Fsp3) is 0.222. The van der Waals surface area contributed by atoms with Crippen LogP contribution < -0.4 is 4.90 Å². The maximum atomic E-state index is 12.7. The normalized spacial score (nSPS) is 10.9. The summed E-state index contributed by atoms with van der Waals surface area (Å²) in [7, 11) is 1.78. The second-order valence-electron chi connectivity index (χ2n) is 5.55. The molecule has 112 valence electrons.